The first-order chi connectivity index (χ1) is 14.5. The molecule has 0 aliphatic rings. The third-order valence-corrected chi connectivity index (χ3v) is 5.53. The van der Waals surface area contributed by atoms with E-state index in [1.165, 1.54) is 23.9 Å². The van der Waals surface area contributed by atoms with E-state index in [4.69, 9.17) is 9.47 Å². The minimum Gasteiger partial charge on any atom is -0.494 e. The fourth-order valence-electron chi connectivity index (χ4n) is 2.96. The van der Waals surface area contributed by atoms with Crippen LogP contribution >= 0.6 is 11.8 Å². The van der Waals surface area contributed by atoms with Gasteiger partial charge in [-0.25, -0.2) is 0 Å². The van der Waals surface area contributed by atoms with E-state index < -0.39 is 12.1 Å². The highest BCUT2D eigenvalue weighted by Gasteiger charge is 2.40. The van der Waals surface area contributed by atoms with E-state index in [1.54, 1.807) is 12.1 Å². The Morgan fingerprint density at radius 3 is 2.20 bits per heavy atom. The molecule has 0 aromatic heterocycles. The number of hydrogen-bond donors (Lipinski definition) is 0. The van der Waals surface area contributed by atoms with Crippen LogP contribution in [0, 0.1) is 0 Å². The van der Waals surface area contributed by atoms with Gasteiger partial charge in [-0.05, 0) is 54.4 Å². The highest BCUT2D eigenvalue weighted by molar-refractivity contribution is 7.98. The van der Waals surface area contributed by atoms with Crippen molar-refractivity contribution < 1.29 is 22.6 Å². The molecular weight excluding hydrogens is 409 g/mol. The summed E-state index contributed by atoms with van der Waals surface area (Å²) in [6.07, 6.45) is -4.31. The van der Waals surface area contributed by atoms with Crippen LogP contribution < -0.4 is 9.47 Å². The molecule has 0 amide bonds. The zero-order valence-electron chi connectivity index (χ0n) is 16.6. The Morgan fingerprint density at radius 1 is 0.833 bits per heavy atom. The quantitative estimate of drug-likeness (QED) is 0.350. The Kier molecular flexibility index (Phi) is 7.69. The van der Waals surface area contributed by atoms with Gasteiger partial charge >= 0.3 is 6.18 Å². The van der Waals surface area contributed by atoms with Gasteiger partial charge in [0, 0.05) is 11.5 Å². The maximum Gasteiger partial charge on any atom is 0.396 e. The molecule has 0 heterocycles. The van der Waals surface area contributed by atoms with Crippen molar-refractivity contribution in [3.8, 4) is 17.2 Å². The molecule has 0 saturated carbocycles. The average molecular weight is 433 g/mol. The van der Waals surface area contributed by atoms with Gasteiger partial charge in [0.05, 0.1) is 12.5 Å². The molecule has 1 atom stereocenters. The number of hydrogen-bond acceptors (Lipinski definition) is 3. The standard InChI is InChI=1S/C24H23F3O2S/c1-2-28-20-13-11-19(12-14-20)23(24(25,26)27)17-30-16-18-7-6-10-22(15-18)29-21-8-4-3-5-9-21/h3-15,23H,2,16-17H2,1H3. The van der Waals surface area contributed by atoms with Crippen molar-refractivity contribution >= 4 is 11.8 Å². The Labute approximate surface area is 179 Å². The van der Waals surface area contributed by atoms with Crippen LogP contribution in [0.25, 0.3) is 0 Å². The Hall–Kier alpha value is -2.60. The van der Waals surface area contributed by atoms with Gasteiger partial charge in [0.15, 0.2) is 0 Å². The summed E-state index contributed by atoms with van der Waals surface area (Å²) in [5.41, 5.74) is 1.17. The molecule has 0 N–H and O–H groups in total. The number of para-hydroxylation sites is 1. The summed E-state index contributed by atoms with van der Waals surface area (Å²) in [5, 5.41) is 0. The normalized spacial score (nSPS) is 12.4. The van der Waals surface area contributed by atoms with Crippen molar-refractivity contribution in [3.05, 3.63) is 90.0 Å². The van der Waals surface area contributed by atoms with Gasteiger partial charge in [-0.3, -0.25) is 0 Å². The van der Waals surface area contributed by atoms with Gasteiger partial charge in [0.25, 0.3) is 0 Å². The SMILES string of the molecule is CCOc1ccc(C(CSCc2cccc(Oc3ccccc3)c2)C(F)(F)F)cc1. The highest BCUT2D eigenvalue weighted by Crippen LogP contribution is 2.38. The fourth-order valence-corrected chi connectivity index (χ4v) is 4.11. The number of thioether (sulfide) groups is 1. The topological polar surface area (TPSA) is 18.5 Å². The molecule has 1 unspecified atom stereocenters. The molecule has 0 aliphatic carbocycles. The lowest BCUT2D eigenvalue weighted by Crippen LogP contribution is -2.23. The third kappa shape index (κ3) is 6.46. The summed E-state index contributed by atoms with van der Waals surface area (Å²) in [6.45, 7) is 2.31. The number of ether oxygens (including phenoxy) is 2. The molecular formula is C24H23F3O2S. The molecule has 0 fully saturated rings. The van der Waals surface area contributed by atoms with Crippen molar-refractivity contribution in [1.29, 1.82) is 0 Å². The average Bonchev–Trinajstić information content (AvgIpc) is 2.72. The predicted molar refractivity (Wildman–Crippen MR) is 116 cm³/mol. The van der Waals surface area contributed by atoms with Crippen LogP contribution in [0.4, 0.5) is 13.2 Å². The number of halogens is 3. The van der Waals surface area contributed by atoms with Crippen molar-refractivity contribution in [1.82, 2.24) is 0 Å². The molecule has 0 radical (unpaired) electrons. The van der Waals surface area contributed by atoms with Gasteiger partial charge in [-0.1, -0.05) is 42.5 Å². The van der Waals surface area contributed by atoms with E-state index in [0.717, 1.165) is 11.3 Å². The molecule has 30 heavy (non-hydrogen) atoms. The van der Waals surface area contributed by atoms with Gasteiger partial charge < -0.3 is 9.47 Å². The summed E-state index contributed by atoms with van der Waals surface area (Å²) in [4.78, 5) is 0. The molecule has 3 aromatic carbocycles. The maximum atomic E-state index is 13.6. The number of benzene rings is 3. The molecule has 0 bridgehead atoms. The van der Waals surface area contributed by atoms with Crippen LogP contribution in [0.1, 0.15) is 24.0 Å². The predicted octanol–water partition coefficient (Wildman–Crippen LogP) is 7.46. The van der Waals surface area contributed by atoms with Gasteiger partial charge in [0.1, 0.15) is 17.2 Å². The van der Waals surface area contributed by atoms with E-state index in [2.05, 4.69) is 0 Å². The highest BCUT2D eigenvalue weighted by atomic mass is 32.2. The molecule has 0 spiro atoms. The van der Waals surface area contributed by atoms with Crippen molar-refractivity contribution in [2.24, 2.45) is 0 Å². The van der Waals surface area contributed by atoms with Crippen molar-refractivity contribution in [3.63, 3.8) is 0 Å². The van der Waals surface area contributed by atoms with Gasteiger partial charge in [-0.15, -0.1) is 0 Å². The second kappa shape index (κ2) is 10.4. The zero-order valence-corrected chi connectivity index (χ0v) is 17.4. The first-order valence-corrected chi connectivity index (χ1v) is 10.8. The molecule has 3 aromatic rings. The molecule has 0 saturated heterocycles. The van der Waals surface area contributed by atoms with Gasteiger partial charge in [0.2, 0.25) is 0 Å². The van der Waals surface area contributed by atoms with Crippen LogP contribution in [-0.2, 0) is 5.75 Å². The summed E-state index contributed by atoms with van der Waals surface area (Å²) in [6, 6.07) is 23.0. The van der Waals surface area contributed by atoms with Gasteiger partial charge in [-0.2, -0.15) is 24.9 Å². The summed E-state index contributed by atoms with van der Waals surface area (Å²) in [7, 11) is 0. The summed E-state index contributed by atoms with van der Waals surface area (Å²) in [5.74, 6) is 0.844. The Balaban J connectivity index is 1.62. The van der Waals surface area contributed by atoms with Crippen molar-refractivity contribution in [2.45, 2.75) is 24.8 Å². The van der Waals surface area contributed by atoms with Crippen LogP contribution in [0.5, 0.6) is 17.2 Å². The third-order valence-electron chi connectivity index (χ3n) is 4.42. The maximum absolute atomic E-state index is 13.6. The van der Waals surface area contributed by atoms with Crippen molar-refractivity contribution in [2.75, 3.05) is 12.4 Å². The van der Waals surface area contributed by atoms with Crippen LogP contribution in [-0.4, -0.2) is 18.5 Å². The van der Waals surface area contributed by atoms with Crippen LogP contribution in [0.3, 0.4) is 0 Å². The Bertz CT molecular complexity index is 912. The molecule has 2 nitrogen and oxygen atoms in total. The minimum atomic E-state index is -4.31. The minimum absolute atomic E-state index is 0.0543. The molecule has 6 heteroatoms. The summed E-state index contributed by atoms with van der Waals surface area (Å²) >= 11 is 1.26. The lowest BCUT2D eigenvalue weighted by atomic mass is 10.0. The second-order valence-electron chi connectivity index (χ2n) is 6.67. The summed E-state index contributed by atoms with van der Waals surface area (Å²) < 4.78 is 52.0. The van der Waals surface area contributed by atoms with Crippen LogP contribution in [0.15, 0.2) is 78.9 Å². The fraction of sp³-hybridized carbons (Fsp3) is 0.250. The lowest BCUT2D eigenvalue weighted by Gasteiger charge is -2.21. The van der Waals surface area contributed by atoms with E-state index in [9.17, 15) is 13.2 Å². The lowest BCUT2D eigenvalue weighted by molar-refractivity contribution is -0.145. The monoisotopic (exact) mass is 432 g/mol. The Morgan fingerprint density at radius 2 is 1.53 bits per heavy atom. The first kappa shape index (κ1) is 22.1. The van der Waals surface area contributed by atoms with Crippen LogP contribution in [0.2, 0.25) is 0 Å². The molecule has 0 aliphatic heterocycles. The smallest absolute Gasteiger partial charge is 0.396 e. The molecule has 3 rings (SSSR count). The van der Waals surface area contributed by atoms with E-state index in [1.807, 2.05) is 61.5 Å². The largest absolute Gasteiger partial charge is 0.494 e. The number of rotatable bonds is 9. The number of alkyl halides is 3. The zero-order chi connectivity index (χ0) is 21.4. The first-order valence-electron chi connectivity index (χ1n) is 9.65. The second-order valence-corrected chi connectivity index (χ2v) is 7.70. The van der Waals surface area contributed by atoms with E-state index in [0.29, 0.717) is 23.9 Å². The molecule has 158 valence electrons. The van der Waals surface area contributed by atoms with E-state index in [-0.39, 0.29) is 11.3 Å². The van der Waals surface area contributed by atoms with E-state index >= 15 is 0 Å².